The van der Waals surface area contributed by atoms with Crippen molar-refractivity contribution >= 4 is 57.4 Å². The Balaban J connectivity index is 2.40. The van der Waals surface area contributed by atoms with Crippen molar-refractivity contribution in [2.45, 2.75) is 32.8 Å². The van der Waals surface area contributed by atoms with Crippen LogP contribution in [0.25, 0.3) is 11.1 Å². The SMILES string of the molecule is CC(C)OC(=O)c1c(-c2ccc(Cl)c(Cl)c2)csc1NC(=O)CCC(=O)O. The number of esters is 1. The Morgan fingerprint density at radius 1 is 1.19 bits per heavy atom. The highest BCUT2D eigenvalue weighted by atomic mass is 35.5. The van der Waals surface area contributed by atoms with E-state index in [1.165, 1.54) is 0 Å². The van der Waals surface area contributed by atoms with Gasteiger partial charge in [0, 0.05) is 17.4 Å². The molecule has 0 atom stereocenters. The minimum Gasteiger partial charge on any atom is -0.481 e. The largest absolute Gasteiger partial charge is 0.481 e. The van der Waals surface area contributed by atoms with Gasteiger partial charge >= 0.3 is 11.9 Å². The Bertz CT molecular complexity index is 879. The van der Waals surface area contributed by atoms with Crippen LogP contribution in [0.4, 0.5) is 5.00 Å². The van der Waals surface area contributed by atoms with E-state index in [2.05, 4.69) is 5.32 Å². The summed E-state index contributed by atoms with van der Waals surface area (Å²) < 4.78 is 5.29. The summed E-state index contributed by atoms with van der Waals surface area (Å²) in [5.41, 5.74) is 1.37. The summed E-state index contributed by atoms with van der Waals surface area (Å²) in [5.74, 6) is -2.17. The van der Waals surface area contributed by atoms with Crippen molar-refractivity contribution in [1.82, 2.24) is 0 Å². The molecular weight excluding hydrogens is 413 g/mol. The van der Waals surface area contributed by atoms with Crippen molar-refractivity contribution in [2.24, 2.45) is 0 Å². The van der Waals surface area contributed by atoms with Gasteiger partial charge in [0.1, 0.15) is 10.6 Å². The summed E-state index contributed by atoms with van der Waals surface area (Å²) in [5, 5.41) is 14.0. The quantitative estimate of drug-likeness (QED) is 0.597. The van der Waals surface area contributed by atoms with Crippen molar-refractivity contribution in [2.75, 3.05) is 5.32 Å². The number of carboxylic acids is 1. The van der Waals surface area contributed by atoms with E-state index in [0.29, 0.717) is 21.2 Å². The van der Waals surface area contributed by atoms with Gasteiger partial charge < -0.3 is 15.2 Å². The first-order valence-electron chi connectivity index (χ1n) is 7.98. The number of rotatable bonds is 7. The Kier molecular flexibility index (Phi) is 7.24. The van der Waals surface area contributed by atoms with Gasteiger partial charge in [-0.2, -0.15) is 0 Å². The number of benzene rings is 1. The predicted molar refractivity (Wildman–Crippen MR) is 106 cm³/mol. The van der Waals surface area contributed by atoms with Crippen molar-refractivity contribution < 1.29 is 24.2 Å². The van der Waals surface area contributed by atoms with Gasteiger partial charge in [-0.25, -0.2) is 4.79 Å². The lowest BCUT2D eigenvalue weighted by atomic mass is 10.0. The molecule has 1 amide bonds. The third-order valence-corrected chi connectivity index (χ3v) is 5.02. The predicted octanol–water partition coefficient (Wildman–Crippen LogP) is 5.09. The lowest BCUT2D eigenvalue weighted by Gasteiger charge is -2.12. The summed E-state index contributed by atoms with van der Waals surface area (Å²) in [4.78, 5) is 35.2. The third kappa shape index (κ3) is 5.69. The number of nitrogens with one attached hydrogen (secondary N) is 1. The van der Waals surface area contributed by atoms with Crippen LogP contribution in [0.1, 0.15) is 37.0 Å². The summed E-state index contributed by atoms with van der Waals surface area (Å²) in [6, 6.07) is 4.94. The number of carboxylic acid groups (broad SMARTS) is 1. The molecule has 2 rings (SSSR count). The molecule has 27 heavy (non-hydrogen) atoms. The third-order valence-electron chi connectivity index (χ3n) is 3.39. The Morgan fingerprint density at radius 2 is 1.89 bits per heavy atom. The van der Waals surface area contributed by atoms with Gasteiger partial charge in [0.25, 0.3) is 0 Å². The van der Waals surface area contributed by atoms with Gasteiger partial charge in [0.2, 0.25) is 5.91 Å². The molecule has 144 valence electrons. The minimum absolute atomic E-state index is 0.191. The molecule has 0 fully saturated rings. The van der Waals surface area contributed by atoms with E-state index in [1.807, 2.05) is 0 Å². The number of anilines is 1. The molecule has 0 aliphatic heterocycles. The topological polar surface area (TPSA) is 92.7 Å². The number of carbonyl (C=O) groups excluding carboxylic acids is 2. The first-order valence-corrected chi connectivity index (χ1v) is 9.62. The molecule has 9 heteroatoms. The highest BCUT2D eigenvalue weighted by Crippen LogP contribution is 2.38. The Labute approximate surface area is 170 Å². The highest BCUT2D eigenvalue weighted by Gasteiger charge is 2.24. The first-order chi connectivity index (χ1) is 12.7. The zero-order chi connectivity index (χ0) is 20.1. The molecule has 1 heterocycles. The Morgan fingerprint density at radius 3 is 2.48 bits per heavy atom. The molecular formula is C18H17Cl2NO5S. The molecule has 0 saturated heterocycles. The number of ether oxygens (including phenoxy) is 1. The van der Waals surface area contributed by atoms with Crippen LogP contribution in [0.15, 0.2) is 23.6 Å². The second-order valence-electron chi connectivity index (χ2n) is 5.88. The summed E-state index contributed by atoms with van der Waals surface area (Å²) in [6.45, 7) is 3.43. The van der Waals surface area contributed by atoms with Crippen LogP contribution in [-0.4, -0.2) is 29.1 Å². The van der Waals surface area contributed by atoms with Crippen molar-refractivity contribution in [3.8, 4) is 11.1 Å². The maximum Gasteiger partial charge on any atom is 0.342 e. The van der Waals surface area contributed by atoms with E-state index in [9.17, 15) is 14.4 Å². The average molecular weight is 430 g/mol. The minimum atomic E-state index is -1.08. The van der Waals surface area contributed by atoms with Gasteiger partial charge in [0.05, 0.1) is 22.6 Å². The van der Waals surface area contributed by atoms with E-state index in [4.69, 9.17) is 33.0 Å². The maximum atomic E-state index is 12.6. The molecule has 0 radical (unpaired) electrons. The fourth-order valence-corrected chi connectivity index (χ4v) is 3.48. The van der Waals surface area contributed by atoms with Gasteiger partial charge in [-0.15, -0.1) is 11.3 Å². The highest BCUT2D eigenvalue weighted by molar-refractivity contribution is 7.15. The first kappa shape index (κ1) is 21.2. The van der Waals surface area contributed by atoms with E-state index >= 15 is 0 Å². The molecule has 6 nitrogen and oxygen atoms in total. The number of thiophene rings is 1. The van der Waals surface area contributed by atoms with E-state index in [-0.39, 0.29) is 29.5 Å². The molecule has 0 aliphatic carbocycles. The molecule has 1 aromatic carbocycles. The lowest BCUT2D eigenvalue weighted by Crippen LogP contribution is -2.17. The molecule has 0 spiro atoms. The zero-order valence-electron chi connectivity index (χ0n) is 14.5. The van der Waals surface area contributed by atoms with E-state index < -0.39 is 17.8 Å². The summed E-state index contributed by atoms with van der Waals surface area (Å²) in [6.07, 6.45) is -0.856. The van der Waals surface area contributed by atoms with Crippen molar-refractivity contribution in [3.63, 3.8) is 0 Å². The number of aliphatic carboxylic acids is 1. The van der Waals surface area contributed by atoms with Crippen LogP contribution in [0.3, 0.4) is 0 Å². The van der Waals surface area contributed by atoms with Crippen LogP contribution >= 0.6 is 34.5 Å². The number of halogens is 2. The van der Waals surface area contributed by atoms with Crippen molar-refractivity contribution in [1.29, 1.82) is 0 Å². The zero-order valence-corrected chi connectivity index (χ0v) is 16.9. The second-order valence-corrected chi connectivity index (χ2v) is 7.57. The van der Waals surface area contributed by atoms with Crippen LogP contribution in [0, 0.1) is 0 Å². The number of hydrogen-bond donors (Lipinski definition) is 2. The Hall–Kier alpha value is -2.09. The fraction of sp³-hybridized carbons (Fsp3) is 0.278. The van der Waals surface area contributed by atoms with E-state index in [1.54, 1.807) is 37.4 Å². The molecule has 0 saturated carbocycles. The van der Waals surface area contributed by atoms with Crippen LogP contribution in [0.2, 0.25) is 10.0 Å². The van der Waals surface area contributed by atoms with Crippen LogP contribution < -0.4 is 5.32 Å². The molecule has 1 aromatic heterocycles. The molecule has 0 bridgehead atoms. The molecule has 2 aromatic rings. The normalized spacial score (nSPS) is 10.7. The summed E-state index contributed by atoms with van der Waals surface area (Å²) >= 11 is 13.2. The van der Waals surface area contributed by atoms with Crippen LogP contribution in [-0.2, 0) is 14.3 Å². The average Bonchev–Trinajstić information content (AvgIpc) is 2.98. The maximum absolute atomic E-state index is 12.6. The molecule has 0 unspecified atom stereocenters. The van der Waals surface area contributed by atoms with Crippen LogP contribution in [0.5, 0.6) is 0 Å². The van der Waals surface area contributed by atoms with Gasteiger partial charge in [-0.1, -0.05) is 29.3 Å². The molecule has 0 aliphatic rings. The number of hydrogen-bond acceptors (Lipinski definition) is 5. The van der Waals surface area contributed by atoms with Gasteiger partial charge in [-0.3, -0.25) is 9.59 Å². The van der Waals surface area contributed by atoms with E-state index in [0.717, 1.165) is 11.3 Å². The lowest BCUT2D eigenvalue weighted by molar-refractivity contribution is -0.138. The van der Waals surface area contributed by atoms with Crippen molar-refractivity contribution in [3.05, 3.63) is 39.2 Å². The van der Waals surface area contributed by atoms with Gasteiger partial charge in [0.15, 0.2) is 0 Å². The smallest absolute Gasteiger partial charge is 0.342 e. The number of carbonyl (C=O) groups is 3. The van der Waals surface area contributed by atoms with Gasteiger partial charge in [-0.05, 0) is 31.5 Å². The molecule has 2 N–H and O–H groups in total. The standard InChI is InChI=1S/C18H17Cl2NO5S/c1-9(2)26-18(25)16-11(10-3-4-12(19)13(20)7-10)8-27-17(16)21-14(22)5-6-15(23)24/h3-4,7-9H,5-6H2,1-2H3,(H,21,22)(H,23,24). The fourth-order valence-electron chi connectivity index (χ4n) is 2.21. The second kappa shape index (κ2) is 9.21. The number of amides is 1. The summed E-state index contributed by atoms with van der Waals surface area (Å²) in [7, 11) is 0. The monoisotopic (exact) mass is 429 g/mol.